The van der Waals surface area contributed by atoms with Crippen molar-refractivity contribution in [2.75, 3.05) is 6.54 Å². The molecule has 1 fully saturated rings. The lowest BCUT2D eigenvalue weighted by atomic mass is 9.82. The van der Waals surface area contributed by atoms with Crippen LogP contribution in [0.3, 0.4) is 0 Å². The molecule has 3 rings (SSSR count). The molecule has 1 aromatic carbocycles. The summed E-state index contributed by atoms with van der Waals surface area (Å²) in [5.41, 5.74) is 8.46. The van der Waals surface area contributed by atoms with Crippen LogP contribution in [0.1, 0.15) is 43.2 Å². The summed E-state index contributed by atoms with van der Waals surface area (Å²) in [6.45, 7) is 1.11. The fourth-order valence-corrected chi connectivity index (χ4v) is 3.86. The van der Waals surface area contributed by atoms with Crippen molar-refractivity contribution in [3.8, 4) is 0 Å². The van der Waals surface area contributed by atoms with E-state index < -0.39 is 0 Å². The highest BCUT2D eigenvalue weighted by molar-refractivity contribution is 5.76. The lowest BCUT2D eigenvalue weighted by molar-refractivity contribution is -0.122. The summed E-state index contributed by atoms with van der Waals surface area (Å²) in [4.78, 5) is 11.2. The third-order valence-corrected chi connectivity index (χ3v) is 5.27. The summed E-state index contributed by atoms with van der Waals surface area (Å²) in [5, 5.41) is 3.73. The van der Waals surface area contributed by atoms with E-state index in [9.17, 15) is 4.79 Å². The van der Waals surface area contributed by atoms with Gasteiger partial charge in [0.1, 0.15) is 0 Å². The van der Waals surface area contributed by atoms with Crippen LogP contribution in [-0.4, -0.2) is 18.5 Å². The molecule has 21 heavy (non-hydrogen) atoms. The molecule has 1 saturated carbocycles. The first-order chi connectivity index (χ1) is 10.2. The van der Waals surface area contributed by atoms with Gasteiger partial charge in [-0.25, -0.2) is 0 Å². The molecule has 0 heterocycles. The van der Waals surface area contributed by atoms with E-state index >= 15 is 0 Å². The monoisotopic (exact) mass is 286 g/mol. The average molecular weight is 286 g/mol. The van der Waals surface area contributed by atoms with E-state index in [2.05, 4.69) is 29.6 Å². The zero-order valence-corrected chi connectivity index (χ0v) is 12.7. The van der Waals surface area contributed by atoms with Crippen molar-refractivity contribution in [3.63, 3.8) is 0 Å². The molecule has 0 aliphatic heterocycles. The van der Waals surface area contributed by atoms with Crippen LogP contribution in [0.5, 0.6) is 0 Å². The number of hydrogen-bond acceptors (Lipinski definition) is 2. The van der Waals surface area contributed by atoms with Crippen molar-refractivity contribution in [1.82, 2.24) is 5.32 Å². The second-order valence-corrected chi connectivity index (χ2v) is 6.74. The number of fused-ring (bicyclic) bond motifs is 1. The molecule has 3 heteroatoms. The molecule has 114 valence electrons. The molecular weight excluding hydrogens is 260 g/mol. The number of benzene rings is 1. The number of primary amides is 1. The van der Waals surface area contributed by atoms with E-state index in [1.165, 1.54) is 30.4 Å². The second kappa shape index (κ2) is 6.61. The van der Waals surface area contributed by atoms with Gasteiger partial charge in [0.25, 0.3) is 0 Å². The van der Waals surface area contributed by atoms with Gasteiger partial charge in [0.2, 0.25) is 5.91 Å². The number of aryl methyl sites for hydroxylation is 1. The van der Waals surface area contributed by atoms with Gasteiger partial charge >= 0.3 is 0 Å². The molecule has 2 aliphatic carbocycles. The number of carbonyl (C=O) groups is 1. The van der Waals surface area contributed by atoms with Gasteiger partial charge in [0, 0.05) is 12.0 Å². The largest absolute Gasteiger partial charge is 0.369 e. The van der Waals surface area contributed by atoms with Gasteiger partial charge in [-0.05, 0) is 68.5 Å². The SMILES string of the molecule is NC(=O)[C@H]1CC[C@H](NCC2CCc3ccccc3C2)CC1. The van der Waals surface area contributed by atoms with Gasteiger partial charge in [-0.2, -0.15) is 0 Å². The molecule has 0 spiro atoms. The zero-order chi connectivity index (χ0) is 14.7. The third kappa shape index (κ3) is 3.65. The Morgan fingerprint density at radius 1 is 1.10 bits per heavy atom. The maximum absolute atomic E-state index is 11.2. The minimum Gasteiger partial charge on any atom is -0.369 e. The summed E-state index contributed by atoms with van der Waals surface area (Å²) in [5.74, 6) is 0.760. The van der Waals surface area contributed by atoms with Crippen molar-refractivity contribution in [1.29, 1.82) is 0 Å². The van der Waals surface area contributed by atoms with Gasteiger partial charge in [0.15, 0.2) is 0 Å². The topological polar surface area (TPSA) is 55.1 Å². The summed E-state index contributed by atoms with van der Waals surface area (Å²) >= 11 is 0. The standard InChI is InChI=1S/C18H26N2O/c19-18(21)15-7-9-17(10-8-15)20-12-13-5-6-14-3-1-2-4-16(14)11-13/h1-4,13,15,17,20H,5-12H2,(H2,19,21)/t13?,15-,17-. The van der Waals surface area contributed by atoms with Crippen molar-refractivity contribution >= 4 is 5.91 Å². The Morgan fingerprint density at radius 3 is 2.52 bits per heavy atom. The smallest absolute Gasteiger partial charge is 0.220 e. The summed E-state index contributed by atoms with van der Waals surface area (Å²) in [6, 6.07) is 9.43. The fraction of sp³-hybridized carbons (Fsp3) is 0.611. The number of nitrogens with one attached hydrogen (secondary N) is 1. The number of carbonyl (C=O) groups excluding carboxylic acids is 1. The van der Waals surface area contributed by atoms with Gasteiger partial charge < -0.3 is 11.1 Å². The minimum atomic E-state index is -0.114. The Morgan fingerprint density at radius 2 is 1.81 bits per heavy atom. The quantitative estimate of drug-likeness (QED) is 0.893. The summed E-state index contributed by atoms with van der Waals surface area (Å²) in [6.07, 6.45) is 7.83. The molecule has 1 atom stereocenters. The van der Waals surface area contributed by atoms with Crippen LogP contribution in [0.25, 0.3) is 0 Å². The molecule has 0 aromatic heterocycles. The van der Waals surface area contributed by atoms with E-state index in [1.807, 2.05) is 0 Å². The van der Waals surface area contributed by atoms with E-state index in [0.29, 0.717) is 6.04 Å². The van der Waals surface area contributed by atoms with Crippen LogP contribution in [0, 0.1) is 11.8 Å². The van der Waals surface area contributed by atoms with Crippen LogP contribution >= 0.6 is 0 Å². The predicted octanol–water partition coefficient (Wildman–Crippen LogP) is 2.43. The highest BCUT2D eigenvalue weighted by Crippen LogP contribution is 2.27. The molecular formula is C18H26N2O. The van der Waals surface area contributed by atoms with E-state index in [0.717, 1.165) is 38.1 Å². The molecule has 1 amide bonds. The van der Waals surface area contributed by atoms with Crippen LogP contribution in [-0.2, 0) is 17.6 Å². The molecule has 1 aromatic rings. The number of amides is 1. The van der Waals surface area contributed by atoms with Gasteiger partial charge in [-0.15, -0.1) is 0 Å². The maximum atomic E-state index is 11.2. The molecule has 3 nitrogen and oxygen atoms in total. The van der Waals surface area contributed by atoms with Crippen molar-refractivity contribution < 1.29 is 4.79 Å². The lowest BCUT2D eigenvalue weighted by Gasteiger charge is -2.30. The summed E-state index contributed by atoms with van der Waals surface area (Å²) in [7, 11) is 0. The van der Waals surface area contributed by atoms with E-state index in [1.54, 1.807) is 0 Å². The predicted molar refractivity (Wildman–Crippen MR) is 84.9 cm³/mol. The zero-order valence-electron chi connectivity index (χ0n) is 12.7. The Kier molecular flexibility index (Phi) is 4.59. The molecule has 0 bridgehead atoms. The first-order valence-corrected chi connectivity index (χ1v) is 8.32. The number of rotatable bonds is 4. The first kappa shape index (κ1) is 14.6. The maximum Gasteiger partial charge on any atom is 0.220 e. The Balaban J connectivity index is 1.44. The van der Waals surface area contributed by atoms with Gasteiger partial charge in [0.05, 0.1) is 0 Å². The van der Waals surface area contributed by atoms with Crippen LogP contribution < -0.4 is 11.1 Å². The van der Waals surface area contributed by atoms with Crippen LogP contribution in [0.4, 0.5) is 0 Å². The van der Waals surface area contributed by atoms with Gasteiger partial charge in [-0.3, -0.25) is 4.79 Å². The van der Waals surface area contributed by atoms with Crippen molar-refractivity contribution in [3.05, 3.63) is 35.4 Å². The van der Waals surface area contributed by atoms with Crippen LogP contribution in [0.15, 0.2) is 24.3 Å². The highest BCUT2D eigenvalue weighted by atomic mass is 16.1. The molecule has 2 aliphatic rings. The van der Waals surface area contributed by atoms with Crippen molar-refractivity contribution in [2.24, 2.45) is 17.6 Å². The number of hydrogen-bond donors (Lipinski definition) is 2. The Labute approximate surface area is 127 Å². The fourth-order valence-electron chi connectivity index (χ4n) is 3.86. The summed E-state index contributed by atoms with van der Waals surface area (Å²) < 4.78 is 0. The van der Waals surface area contributed by atoms with Crippen LogP contribution in [0.2, 0.25) is 0 Å². The highest BCUT2D eigenvalue weighted by Gasteiger charge is 2.25. The Bertz CT molecular complexity index is 492. The molecule has 0 radical (unpaired) electrons. The molecule has 0 saturated heterocycles. The average Bonchev–Trinajstić information content (AvgIpc) is 2.53. The van der Waals surface area contributed by atoms with Crippen molar-refractivity contribution in [2.45, 2.75) is 51.0 Å². The third-order valence-electron chi connectivity index (χ3n) is 5.27. The van der Waals surface area contributed by atoms with E-state index in [4.69, 9.17) is 5.73 Å². The lowest BCUT2D eigenvalue weighted by Crippen LogP contribution is -2.39. The van der Waals surface area contributed by atoms with E-state index in [-0.39, 0.29) is 11.8 Å². The first-order valence-electron chi connectivity index (χ1n) is 8.32. The Hall–Kier alpha value is -1.35. The minimum absolute atomic E-state index is 0.114. The molecule has 1 unspecified atom stereocenters. The van der Waals surface area contributed by atoms with Gasteiger partial charge in [-0.1, -0.05) is 24.3 Å². The second-order valence-electron chi connectivity index (χ2n) is 6.74. The molecule has 3 N–H and O–H groups in total. The normalized spacial score (nSPS) is 28.9. The number of nitrogens with two attached hydrogens (primary N) is 1.